The number of hydrogen-bond acceptors (Lipinski definition) is 2. The smallest absolute Gasteiger partial charge is 0.251 e. The Morgan fingerprint density at radius 2 is 2.20 bits per heavy atom. The topological polar surface area (TPSA) is 40.5 Å². The number of amides is 1. The molecule has 0 atom stereocenters. The molecule has 0 saturated carbocycles. The molecule has 1 aromatic rings. The quantitative estimate of drug-likeness (QED) is 0.729. The Bertz CT molecular complexity index is 423. The van der Waals surface area contributed by atoms with Gasteiger partial charge < -0.3 is 10.0 Å². The number of carbonyl (C=O) groups excluding carboxylic acids is 1. The van der Waals surface area contributed by atoms with Gasteiger partial charge in [-0.1, -0.05) is 24.3 Å². The summed E-state index contributed by atoms with van der Waals surface area (Å²) in [6.45, 7) is -0.244. The van der Waals surface area contributed by atoms with E-state index in [1.807, 2.05) is 30.3 Å². The van der Waals surface area contributed by atoms with Gasteiger partial charge in [-0.3, -0.25) is 4.79 Å². The van der Waals surface area contributed by atoms with E-state index >= 15 is 0 Å². The molecule has 0 spiro atoms. The van der Waals surface area contributed by atoms with Crippen molar-refractivity contribution in [1.82, 2.24) is 4.90 Å². The van der Waals surface area contributed by atoms with Crippen LogP contribution < -0.4 is 0 Å². The molecular weight excluding hydrogens is 190 g/mol. The lowest BCUT2D eigenvalue weighted by atomic mass is 10.1. The number of aliphatic hydroxyl groups is 1. The summed E-state index contributed by atoms with van der Waals surface area (Å²) in [7, 11) is 1.59. The first-order chi connectivity index (χ1) is 7.22. The molecule has 0 heterocycles. The Hall–Kier alpha value is -1.61. The minimum atomic E-state index is -0.244. The third kappa shape index (κ3) is 1.78. The van der Waals surface area contributed by atoms with E-state index in [4.69, 9.17) is 5.11 Å². The van der Waals surface area contributed by atoms with E-state index in [1.165, 1.54) is 10.5 Å². The molecule has 3 heteroatoms. The Morgan fingerprint density at radius 3 is 2.87 bits per heavy atom. The fourth-order valence-electron chi connectivity index (χ4n) is 1.73. The zero-order chi connectivity index (χ0) is 10.8. The van der Waals surface area contributed by atoms with Gasteiger partial charge in [-0.25, -0.2) is 0 Å². The summed E-state index contributed by atoms with van der Waals surface area (Å²) in [5, 5.41) is 8.86. The van der Waals surface area contributed by atoms with Crippen molar-refractivity contribution in [3.8, 4) is 0 Å². The number of rotatable bonds is 2. The number of nitrogens with zero attached hydrogens (tertiary/aromatic N) is 1. The molecule has 0 radical (unpaired) electrons. The van der Waals surface area contributed by atoms with Crippen LogP contribution in [0.4, 0.5) is 0 Å². The zero-order valence-electron chi connectivity index (χ0n) is 8.60. The molecule has 0 unspecified atom stereocenters. The average molecular weight is 203 g/mol. The maximum absolute atomic E-state index is 11.7. The first kappa shape index (κ1) is 9.93. The van der Waals surface area contributed by atoms with Crippen LogP contribution >= 0.6 is 0 Å². The van der Waals surface area contributed by atoms with Gasteiger partial charge in [0, 0.05) is 19.0 Å². The second-order valence-corrected chi connectivity index (χ2v) is 3.69. The van der Waals surface area contributed by atoms with Gasteiger partial charge in [-0.15, -0.1) is 0 Å². The third-order valence-electron chi connectivity index (χ3n) is 2.60. The van der Waals surface area contributed by atoms with Crippen molar-refractivity contribution in [3.63, 3.8) is 0 Å². The van der Waals surface area contributed by atoms with Crippen LogP contribution in [-0.4, -0.2) is 29.7 Å². The van der Waals surface area contributed by atoms with Crippen molar-refractivity contribution in [2.24, 2.45) is 0 Å². The summed E-state index contributed by atoms with van der Waals surface area (Å²) in [6, 6.07) is 7.94. The molecule has 1 amide bonds. The highest BCUT2D eigenvalue weighted by atomic mass is 16.3. The molecule has 1 N–H and O–H groups in total. The highest BCUT2D eigenvalue weighted by Crippen LogP contribution is 2.25. The fourth-order valence-corrected chi connectivity index (χ4v) is 1.73. The number of carbonyl (C=O) groups is 1. The minimum Gasteiger partial charge on any atom is -0.376 e. The van der Waals surface area contributed by atoms with Crippen LogP contribution in [0.2, 0.25) is 0 Å². The summed E-state index contributed by atoms with van der Waals surface area (Å²) >= 11 is 0. The predicted octanol–water partition coefficient (Wildman–Crippen LogP) is 1.03. The van der Waals surface area contributed by atoms with E-state index in [-0.39, 0.29) is 12.6 Å². The number of fused-ring (bicyclic) bond motifs is 1. The normalized spacial score (nSPS) is 13.3. The second-order valence-electron chi connectivity index (χ2n) is 3.69. The van der Waals surface area contributed by atoms with Gasteiger partial charge in [-0.2, -0.15) is 0 Å². The minimum absolute atomic E-state index is 0.103. The van der Waals surface area contributed by atoms with Crippen molar-refractivity contribution in [2.45, 2.75) is 6.42 Å². The van der Waals surface area contributed by atoms with Gasteiger partial charge in [0.2, 0.25) is 0 Å². The molecule has 3 nitrogen and oxygen atoms in total. The molecule has 78 valence electrons. The summed E-state index contributed by atoms with van der Waals surface area (Å²) < 4.78 is 0. The van der Waals surface area contributed by atoms with Gasteiger partial charge >= 0.3 is 0 Å². The largest absolute Gasteiger partial charge is 0.376 e. The fraction of sp³-hybridized carbons (Fsp3) is 0.250. The molecular formula is C12H13NO2. The van der Waals surface area contributed by atoms with E-state index in [0.717, 1.165) is 11.1 Å². The Morgan fingerprint density at radius 1 is 1.47 bits per heavy atom. The monoisotopic (exact) mass is 203 g/mol. The van der Waals surface area contributed by atoms with Gasteiger partial charge in [-0.05, 0) is 17.2 Å². The SMILES string of the molecule is CN(CO)C(=O)C1=Cc2ccccc2C1. The van der Waals surface area contributed by atoms with E-state index in [9.17, 15) is 4.79 Å². The lowest BCUT2D eigenvalue weighted by Crippen LogP contribution is -2.28. The Labute approximate surface area is 88.6 Å². The molecule has 0 bridgehead atoms. The van der Waals surface area contributed by atoms with Gasteiger partial charge in [0.15, 0.2) is 0 Å². The zero-order valence-corrected chi connectivity index (χ0v) is 8.60. The van der Waals surface area contributed by atoms with Crippen molar-refractivity contribution in [3.05, 3.63) is 41.0 Å². The van der Waals surface area contributed by atoms with E-state index < -0.39 is 0 Å². The van der Waals surface area contributed by atoms with E-state index in [2.05, 4.69) is 0 Å². The van der Waals surface area contributed by atoms with Crippen LogP contribution in [-0.2, 0) is 11.2 Å². The third-order valence-corrected chi connectivity index (χ3v) is 2.60. The molecule has 2 rings (SSSR count). The maximum atomic E-state index is 11.7. The molecule has 1 aliphatic rings. The van der Waals surface area contributed by atoms with Crippen LogP contribution in [0.15, 0.2) is 29.8 Å². The second kappa shape index (κ2) is 3.87. The molecule has 1 aliphatic carbocycles. The summed E-state index contributed by atoms with van der Waals surface area (Å²) in [4.78, 5) is 13.0. The lowest BCUT2D eigenvalue weighted by Gasteiger charge is -2.13. The molecule has 0 aromatic heterocycles. The van der Waals surface area contributed by atoms with Crippen LogP contribution in [0, 0.1) is 0 Å². The molecule has 1 aromatic carbocycles. The number of aliphatic hydroxyl groups excluding tert-OH is 1. The molecule has 0 fully saturated rings. The summed E-state index contributed by atoms with van der Waals surface area (Å²) in [6.07, 6.45) is 2.56. The van der Waals surface area contributed by atoms with E-state index in [0.29, 0.717) is 6.42 Å². The number of hydrogen-bond donors (Lipinski definition) is 1. The van der Waals surface area contributed by atoms with Crippen LogP contribution in [0.3, 0.4) is 0 Å². The van der Waals surface area contributed by atoms with Crippen molar-refractivity contribution in [1.29, 1.82) is 0 Å². The first-order valence-electron chi connectivity index (χ1n) is 4.87. The maximum Gasteiger partial charge on any atom is 0.251 e. The lowest BCUT2D eigenvalue weighted by molar-refractivity contribution is -0.128. The molecule has 15 heavy (non-hydrogen) atoms. The van der Waals surface area contributed by atoms with Gasteiger partial charge in [0.05, 0.1) is 0 Å². The Kier molecular flexibility index (Phi) is 2.56. The van der Waals surface area contributed by atoms with E-state index in [1.54, 1.807) is 7.05 Å². The summed E-state index contributed by atoms with van der Waals surface area (Å²) in [5.74, 6) is -0.103. The Balaban J connectivity index is 2.21. The van der Waals surface area contributed by atoms with Crippen molar-refractivity contribution in [2.75, 3.05) is 13.8 Å². The highest BCUT2D eigenvalue weighted by molar-refractivity contribution is 6.00. The van der Waals surface area contributed by atoms with Crippen molar-refractivity contribution < 1.29 is 9.90 Å². The summed E-state index contributed by atoms with van der Waals surface area (Å²) in [5.41, 5.74) is 3.02. The van der Waals surface area contributed by atoms with Crippen LogP contribution in [0.25, 0.3) is 6.08 Å². The number of likely N-dealkylation sites (N-methyl/N-ethyl adjacent to an activating group) is 1. The standard InChI is InChI=1S/C12H13NO2/c1-13(8-14)12(15)11-6-9-4-2-3-5-10(9)7-11/h2-6,14H,7-8H2,1H3. The van der Waals surface area contributed by atoms with Gasteiger partial charge in [0.1, 0.15) is 6.73 Å². The van der Waals surface area contributed by atoms with Crippen LogP contribution in [0.5, 0.6) is 0 Å². The highest BCUT2D eigenvalue weighted by Gasteiger charge is 2.20. The molecule has 0 aliphatic heterocycles. The number of benzene rings is 1. The predicted molar refractivity (Wildman–Crippen MR) is 58.0 cm³/mol. The first-order valence-corrected chi connectivity index (χ1v) is 4.87. The van der Waals surface area contributed by atoms with Crippen molar-refractivity contribution >= 4 is 12.0 Å². The average Bonchev–Trinajstić information content (AvgIpc) is 2.70. The van der Waals surface area contributed by atoms with Crippen LogP contribution in [0.1, 0.15) is 11.1 Å². The van der Waals surface area contributed by atoms with Gasteiger partial charge in [0.25, 0.3) is 5.91 Å². The molecule has 0 saturated heterocycles.